The molecule has 0 aromatic carbocycles. The number of hydrogen-bond acceptors (Lipinski definition) is 1. The fourth-order valence-electron chi connectivity index (χ4n) is 1.86. The normalized spacial score (nSPS) is 12.0. The van der Waals surface area contributed by atoms with Crippen molar-refractivity contribution in [3.63, 3.8) is 0 Å². The van der Waals surface area contributed by atoms with Crippen LogP contribution in [0.25, 0.3) is 0 Å². The highest BCUT2D eigenvalue weighted by molar-refractivity contribution is 4.77. The molecule has 0 saturated carbocycles. The Bertz CT molecular complexity index is 129. The molecular formula is C14H30N. The molecule has 0 aliphatic carbocycles. The minimum absolute atomic E-state index is 0.308. The molecule has 1 nitrogen and oxygen atoms in total. The summed E-state index contributed by atoms with van der Waals surface area (Å²) in [7, 11) is 0. The van der Waals surface area contributed by atoms with E-state index < -0.39 is 0 Å². The molecule has 0 amide bonds. The van der Waals surface area contributed by atoms with Gasteiger partial charge in [-0.15, -0.1) is 0 Å². The van der Waals surface area contributed by atoms with Crippen molar-refractivity contribution in [3.8, 4) is 0 Å². The molecule has 0 aliphatic rings. The van der Waals surface area contributed by atoms with Gasteiger partial charge in [0.25, 0.3) is 0 Å². The first kappa shape index (κ1) is 15.0. The summed E-state index contributed by atoms with van der Waals surface area (Å²) < 4.78 is 0. The van der Waals surface area contributed by atoms with Crippen LogP contribution in [0.3, 0.4) is 0 Å². The molecule has 1 N–H and O–H groups in total. The lowest BCUT2D eigenvalue weighted by Crippen LogP contribution is -2.39. The summed E-state index contributed by atoms with van der Waals surface area (Å²) in [5.41, 5.74) is 0.308. The van der Waals surface area contributed by atoms with Crippen molar-refractivity contribution in [1.82, 2.24) is 5.32 Å². The van der Waals surface area contributed by atoms with E-state index >= 15 is 0 Å². The maximum absolute atomic E-state index is 3.86. The Morgan fingerprint density at radius 1 is 1.00 bits per heavy atom. The molecule has 0 aliphatic heterocycles. The zero-order valence-corrected chi connectivity index (χ0v) is 11.1. The van der Waals surface area contributed by atoms with Crippen molar-refractivity contribution in [1.29, 1.82) is 0 Å². The molecule has 0 heterocycles. The average molecular weight is 212 g/mol. The highest BCUT2D eigenvalue weighted by Crippen LogP contribution is 2.15. The first-order valence-corrected chi connectivity index (χ1v) is 6.66. The lowest BCUT2D eigenvalue weighted by atomic mass is 9.96. The molecule has 1 heteroatoms. The van der Waals surface area contributed by atoms with Gasteiger partial charge in [0.2, 0.25) is 0 Å². The number of nitrogens with one attached hydrogen (secondary N) is 1. The van der Waals surface area contributed by atoms with Gasteiger partial charge in [0.05, 0.1) is 0 Å². The summed E-state index contributed by atoms with van der Waals surface area (Å²) >= 11 is 0. The summed E-state index contributed by atoms with van der Waals surface area (Å²) in [6.45, 7) is 11.8. The van der Waals surface area contributed by atoms with Crippen molar-refractivity contribution >= 4 is 0 Å². The van der Waals surface area contributed by atoms with Crippen LogP contribution in [0.1, 0.15) is 72.1 Å². The second kappa shape index (κ2) is 9.21. The predicted octanol–water partition coefficient (Wildman–Crippen LogP) is 4.33. The third-order valence-electron chi connectivity index (χ3n) is 2.94. The van der Waals surface area contributed by atoms with Gasteiger partial charge >= 0.3 is 0 Å². The van der Waals surface area contributed by atoms with E-state index in [0.717, 1.165) is 13.0 Å². The quantitative estimate of drug-likeness (QED) is 0.531. The molecule has 0 saturated heterocycles. The average Bonchev–Trinajstić information content (AvgIpc) is 2.20. The van der Waals surface area contributed by atoms with E-state index in [0.29, 0.717) is 5.54 Å². The van der Waals surface area contributed by atoms with E-state index in [1.54, 1.807) is 0 Å². The second-order valence-electron chi connectivity index (χ2n) is 5.18. The van der Waals surface area contributed by atoms with Crippen molar-refractivity contribution in [3.05, 3.63) is 6.92 Å². The Morgan fingerprint density at radius 2 is 1.60 bits per heavy atom. The third-order valence-corrected chi connectivity index (χ3v) is 2.94. The summed E-state index contributed by atoms with van der Waals surface area (Å²) in [5.74, 6) is 0. The number of rotatable bonds is 10. The van der Waals surface area contributed by atoms with Crippen LogP contribution >= 0.6 is 0 Å². The molecule has 0 spiro atoms. The van der Waals surface area contributed by atoms with Crippen LogP contribution < -0.4 is 5.32 Å². The summed E-state index contributed by atoms with van der Waals surface area (Å²) in [6.07, 6.45) is 10.6. The van der Waals surface area contributed by atoms with E-state index in [4.69, 9.17) is 0 Å². The van der Waals surface area contributed by atoms with Crippen LogP contribution in [0.5, 0.6) is 0 Å². The lowest BCUT2D eigenvalue weighted by Gasteiger charge is -2.26. The molecule has 91 valence electrons. The topological polar surface area (TPSA) is 12.0 Å². The minimum Gasteiger partial charge on any atom is -0.312 e. The molecule has 0 aromatic heterocycles. The molecular weight excluding hydrogens is 182 g/mol. The fraction of sp³-hybridized carbons (Fsp3) is 0.929. The summed E-state index contributed by atoms with van der Waals surface area (Å²) in [6, 6.07) is 0. The first-order valence-electron chi connectivity index (χ1n) is 6.66. The highest BCUT2D eigenvalue weighted by atomic mass is 14.9. The van der Waals surface area contributed by atoms with Crippen molar-refractivity contribution in [2.45, 2.75) is 77.7 Å². The van der Waals surface area contributed by atoms with Gasteiger partial charge in [-0.2, -0.15) is 0 Å². The zero-order chi connectivity index (χ0) is 11.6. The van der Waals surface area contributed by atoms with Gasteiger partial charge < -0.3 is 5.32 Å². The zero-order valence-electron chi connectivity index (χ0n) is 11.1. The fourth-order valence-corrected chi connectivity index (χ4v) is 1.86. The highest BCUT2D eigenvalue weighted by Gasteiger charge is 2.14. The van der Waals surface area contributed by atoms with E-state index in [1.165, 1.54) is 44.9 Å². The standard InChI is InChI=1S/C14H30N/c1-5-7-8-9-10-11-12-14(3,4)15-13-6-2/h15H,2,5-13H2,1,3-4H3. The van der Waals surface area contributed by atoms with Crippen LogP contribution in [0, 0.1) is 6.92 Å². The molecule has 15 heavy (non-hydrogen) atoms. The van der Waals surface area contributed by atoms with Gasteiger partial charge in [-0.1, -0.05) is 52.4 Å². The van der Waals surface area contributed by atoms with Crippen LogP contribution in [0.15, 0.2) is 0 Å². The van der Waals surface area contributed by atoms with Crippen molar-refractivity contribution < 1.29 is 0 Å². The number of hydrogen-bond donors (Lipinski definition) is 1. The number of unbranched alkanes of at least 4 members (excludes halogenated alkanes) is 5. The van der Waals surface area contributed by atoms with Gasteiger partial charge in [0.1, 0.15) is 0 Å². The van der Waals surface area contributed by atoms with E-state index in [1.807, 2.05) is 0 Å². The van der Waals surface area contributed by atoms with Crippen LogP contribution in [-0.4, -0.2) is 12.1 Å². The molecule has 0 bridgehead atoms. The molecule has 0 unspecified atom stereocenters. The van der Waals surface area contributed by atoms with Crippen LogP contribution in [0.4, 0.5) is 0 Å². The second-order valence-corrected chi connectivity index (χ2v) is 5.18. The Labute approximate surface area is 97.0 Å². The van der Waals surface area contributed by atoms with E-state index in [-0.39, 0.29) is 0 Å². The minimum atomic E-state index is 0.308. The molecule has 0 fully saturated rings. The van der Waals surface area contributed by atoms with Gasteiger partial charge in [0, 0.05) is 5.54 Å². The van der Waals surface area contributed by atoms with Crippen LogP contribution in [0.2, 0.25) is 0 Å². The first-order chi connectivity index (χ1) is 7.12. The van der Waals surface area contributed by atoms with Gasteiger partial charge in [-0.3, -0.25) is 0 Å². The summed E-state index contributed by atoms with van der Waals surface area (Å²) in [4.78, 5) is 0. The third kappa shape index (κ3) is 10.2. The summed E-state index contributed by atoms with van der Waals surface area (Å²) in [5, 5.41) is 3.55. The van der Waals surface area contributed by atoms with E-state index in [9.17, 15) is 0 Å². The lowest BCUT2D eigenvalue weighted by molar-refractivity contribution is 0.350. The van der Waals surface area contributed by atoms with E-state index in [2.05, 4.69) is 33.0 Å². The predicted molar refractivity (Wildman–Crippen MR) is 70.0 cm³/mol. The largest absolute Gasteiger partial charge is 0.312 e. The van der Waals surface area contributed by atoms with Gasteiger partial charge in [0.15, 0.2) is 0 Å². The Kier molecular flexibility index (Phi) is 9.18. The SMILES string of the molecule is [CH2]CCNC(C)(C)CCCCCCCC. The van der Waals surface area contributed by atoms with Gasteiger partial charge in [-0.25, -0.2) is 0 Å². The molecule has 0 aromatic rings. The molecule has 0 atom stereocenters. The van der Waals surface area contributed by atoms with Crippen LogP contribution in [-0.2, 0) is 0 Å². The maximum atomic E-state index is 3.86. The van der Waals surface area contributed by atoms with Crippen molar-refractivity contribution in [2.75, 3.05) is 6.54 Å². The molecule has 0 rings (SSSR count). The van der Waals surface area contributed by atoms with Crippen molar-refractivity contribution in [2.24, 2.45) is 0 Å². The Balaban J connectivity index is 3.32. The Hall–Kier alpha value is -0.0400. The molecule has 1 radical (unpaired) electrons. The van der Waals surface area contributed by atoms with Gasteiger partial charge in [-0.05, 0) is 33.2 Å². The monoisotopic (exact) mass is 212 g/mol. The Morgan fingerprint density at radius 3 is 2.20 bits per heavy atom. The maximum Gasteiger partial charge on any atom is 0.0125 e. The smallest absolute Gasteiger partial charge is 0.0125 e.